The smallest absolute Gasteiger partial charge is 0.252 e. The normalized spacial score (nSPS) is 12.1. The highest BCUT2D eigenvalue weighted by Gasteiger charge is 2.13. The van der Waals surface area contributed by atoms with Crippen molar-refractivity contribution >= 4 is 16.8 Å². The number of benzene rings is 2. The minimum Gasteiger partial charge on any atom is -0.351 e. The summed E-state index contributed by atoms with van der Waals surface area (Å²) in [5.41, 5.74) is 3.62. The van der Waals surface area contributed by atoms with Gasteiger partial charge in [-0.05, 0) is 30.5 Å². The fraction of sp³-hybridized carbons (Fsp3) is 0.200. The molecule has 0 saturated heterocycles. The summed E-state index contributed by atoms with van der Waals surface area (Å²) in [5.74, 6) is 0.226. The first-order valence-corrected chi connectivity index (χ1v) is 7.84. The molecule has 0 bridgehead atoms. The first-order chi connectivity index (χ1) is 11.1. The number of rotatable bonds is 4. The van der Waals surface area contributed by atoms with Crippen molar-refractivity contribution < 1.29 is 4.79 Å². The fourth-order valence-corrected chi connectivity index (χ4v) is 2.74. The van der Waals surface area contributed by atoms with Crippen molar-refractivity contribution in [3.8, 4) is 0 Å². The summed E-state index contributed by atoms with van der Waals surface area (Å²) < 4.78 is 0. The summed E-state index contributed by atoms with van der Waals surface area (Å²) in [5, 5.41) is 3.94. The number of aromatic nitrogens is 1. The van der Waals surface area contributed by atoms with E-state index >= 15 is 0 Å². The quantitative estimate of drug-likeness (QED) is 0.789. The third-order valence-corrected chi connectivity index (χ3v) is 4.03. The van der Waals surface area contributed by atoms with Gasteiger partial charge in [0.05, 0.1) is 11.1 Å². The standard InChI is InChI=1S/C20H20N2O/c1-14(16-8-4-3-5-9-16)13-21-20(23)18-12-15(2)22-19-11-7-6-10-17(18)19/h3-12,14H,13H2,1-2H3,(H,21,23)/t14-/m0/s1. The Balaban J connectivity index is 1.79. The molecule has 3 heteroatoms. The van der Waals surface area contributed by atoms with Gasteiger partial charge in [-0.3, -0.25) is 9.78 Å². The molecule has 1 amide bonds. The van der Waals surface area contributed by atoms with E-state index in [1.807, 2.05) is 55.5 Å². The Hall–Kier alpha value is -2.68. The SMILES string of the molecule is Cc1cc(C(=O)NC[C@H](C)c2ccccc2)c2ccccc2n1. The maximum atomic E-state index is 12.6. The van der Waals surface area contributed by atoms with Gasteiger partial charge in [0.1, 0.15) is 0 Å². The van der Waals surface area contributed by atoms with Crippen LogP contribution in [0.2, 0.25) is 0 Å². The number of pyridine rings is 1. The fourth-order valence-electron chi connectivity index (χ4n) is 2.74. The average Bonchev–Trinajstić information content (AvgIpc) is 2.59. The molecule has 3 rings (SSSR count). The predicted molar refractivity (Wildman–Crippen MR) is 93.7 cm³/mol. The number of carbonyl (C=O) groups excluding carboxylic acids is 1. The van der Waals surface area contributed by atoms with Gasteiger partial charge in [0, 0.05) is 17.6 Å². The molecule has 0 aliphatic rings. The minimum atomic E-state index is -0.0468. The van der Waals surface area contributed by atoms with Crippen molar-refractivity contribution in [3.63, 3.8) is 0 Å². The number of nitrogens with zero attached hydrogens (tertiary/aromatic N) is 1. The van der Waals surface area contributed by atoms with E-state index in [4.69, 9.17) is 0 Å². The number of nitrogens with one attached hydrogen (secondary N) is 1. The van der Waals surface area contributed by atoms with E-state index in [0.717, 1.165) is 16.6 Å². The molecule has 0 radical (unpaired) electrons. The molecule has 1 heterocycles. The van der Waals surface area contributed by atoms with Gasteiger partial charge in [-0.2, -0.15) is 0 Å². The molecule has 1 aromatic heterocycles. The molecular formula is C20H20N2O. The summed E-state index contributed by atoms with van der Waals surface area (Å²) in [7, 11) is 0. The monoisotopic (exact) mass is 304 g/mol. The van der Waals surface area contributed by atoms with Gasteiger partial charge in [0.25, 0.3) is 5.91 Å². The van der Waals surface area contributed by atoms with Crippen LogP contribution < -0.4 is 5.32 Å². The summed E-state index contributed by atoms with van der Waals surface area (Å²) in [4.78, 5) is 17.1. The Labute approximate surface area is 136 Å². The number of hydrogen-bond donors (Lipinski definition) is 1. The highest BCUT2D eigenvalue weighted by molar-refractivity contribution is 6.06. The van der Waals surface area contributed by atoms with E-state index < -0.39 is 0 Å². The largest absolute Gasteiger partial charge is 0.351 e. The molecule has 0 unspecified atom stereocenters. The molecule has 3 nitrogen and oxygen atoms in total. The molecule has 1 N–H and O–H groups in total. The van der Waals surface area contributed by atoms with Crippen molar-refractivity contribution in [1.82, 2.24) is 10.3 Å². The van der Waals surface area contributed by atoms with Gasteiger partial charge in [0.2, 0.25) is 0 Å². The van der Waals surface area contributed by atoms with Crippen molar-refractivity contribution in [3.05, 3.63) is 77.5 Å². The molecule has 0 aliphatic carbocycles. The number of fused-ring (bicyclic) bond motifs is 1. The number of para-hydroxylation sites is 1. The lowest BCUT2D eigenvalue weighted by Gasteiger charge is -2.14. The van der Waals surface area contributed by atoms with Crippen LogP contribution >= 0.6 is 0 Å². The first kappa shape index (κ1) is 15.2. The van der Waals surface area contributed by atoms with Crippen LogP contribution in [0.4, 0.5) is 0 Å². The van der Waals surface area contributed by atoms with E-state index in [9.17, 15) is 4.79 Å². The number of carbonyl (C=O) groups is 1. The number of aryl methyl sites for hydroxylation is 1. The van der Waals surface area contributed by atoms with Gasteiger partial charge in [-0.25, -0.2) is 0 Å². The summed E-state index contributed by atoms with van der Waals surface area (Å²) in [6.45, 7) is 4.64. The predicted octanol–water partition coefficient (Wildman–Crippen LogP) is 4.08. The highest BCUT2D eigenvalue weighted by Crippen LogP contribution is 2.19. The Morgan fingerprint density at radius 3 is 2.57 bits per heavy atom. The zero-order valence-electron chi connectivity index (χ0n) is 13.4. The molecule has 0 aliphatic heterocycles. The molecule has 1 atom stereocenters. The number of hydrogen-bond acceptors (Lipinski definition) is 2. The second-order valence-corrected chi connectivity index (χ2v) is 5.85. The Morgan fingerprint density at radius 2 is 1.78 bits per heavy atom. The first-order valence-electron chi connectivity index (χ1n) is 7.84. The van der Waals surface area contributed by atoms with Crippen LogP contribution in [0.15, 0.2) is 60.7 Å². The van der Waals surface area contributed by atoms with E-state index in [1.165, 1.54) is 5.56 Å². The third-order valence-electron chi connectivity index (χ3n) is 4.03. The molecule has 0 fully saturated rings. The summed E-state index contributed by atoms with van der Waals surface area (Å²) >= 11 is 0. The van der Waals surface area contributed by atoms with Crippen LogP contribution in [0.1, 0.15) is 34.5 Å². The van der Waals surface area contributed by atoms with Gasteiger partial charge in [-0.15, -0.1) is 0 Å². The molecule has 23 heavy (non-hydrogen) atoms. The van der Waals surface area contributed by atoms with Gasteiger partial charge >= 0.3 is 0 Å². The maximum absolute atomic E-state index is 12.6. The average molecular weight is 304 g/mol. The lowest BCUT2D eigenvalue weighted by molar-refractivity contribution is 0.0953. The molecular weight excluding hydrogens is 284 g/mol. The zero-order chi connectivity index (χ0) is 16.2. The summed E-state index contributed by atoms with van der Waals surface area (Å²) in [6.07, 6.45) is 0. The maximum Gasteiger partial charge on any atom is 0.252 e. The molecule has 0 spiro atoms. The lowest BCUT2D eigenvalue weighted by Crippen LogP contribution is -2.27. The molecule has 2 aromatic carbocycles. The topological polar surface area (TPSA) is 42.0 Å². The Bertz CT molecular complexity index is 827. The Morgan fingerprint density at radius 1 is 1.09 bits per heavy atom. The zero-order valence-corrected chi connectivity index (χ0v) is 13.4. The minimum absolute atomic E-state index is 0.0468. The van der Waals surface area contributed by atoms with Crippen molar-refractivity contribution in [1.29, 1.82) is 0 Å². The second kappa shape index (κ2) is 6.61. The van der Waals surface area contributed by atoms with Crippen LogP contribution in [0.25, 0.3) is 10.9 Å². The van der Waals surface area contributed by atoms with Crippen molar-refractivity contribution in [2.24, 2.45) is 0 Å². The van der Waals surface area contributed by atoms with E-state index in [1.54, 1.807) is 0 Å². The van der Waals surface area contributed by atoms with Crippen LogP contribution in [-0.4, -0.2) is 17.4 Å². The Kier molecular flexibility index (Phi) is 4.38. The van der Waals surface area contributed by atoms with Crippen LogP contribution in [0.3, 0.4) is 0 Å². The molecule has 116 valence electrons. The van der Waals surface area contributed by atoms with Crippen LogP contribution in [0.5, 0.6) is 0 Å². The van der Waals surface area contributed by atoms with Gasteiger partial charge < -0.3 is 5.32 Å². The lowest BCUT2D eigenvalue weighted by atomic mass is 10.0. The van der Waals surface area contributed by atoms with Crippen molar-refractivity contribution in [2.45, 2.75) is 19.8 Å². The van der Waals surface area contributed by atoms with Crippen molar-refractivity contribution in [2.75, 3.05) is 6.54 Å². The van der Waals surface area contributed by atoms with Crippen LogP contribution in [0, 0.1) is 6.92 Å². The van der Waals surface area contributed by atoms with E-state index in [0.29, 0.717) is 12.1 Å². The van der Waals surface area contributed by atoms with Crippen LogP contribution in [-0.2, 0) is 0 Å². The van der Waals surface area contributed by atoms with E-state index in [2.05, 4.69) is 29.4 Å². The summed E-state index contributed by atoms with van der Waals surface area (Å²) in [6, 6.07) is 19.8. The molecule has 0 saturated carbocycles. The number of amides is 1. The molecule has 3 aromatic rings. The second-order valence-electron chi connectivity index (χ2n) is 5.85. The van der Waals surface area contributed by atoms with E-state index in [-0.39, 0.29) is 11.8 Å². The van der Waals surface area contributed by atoms with Gasteiger partial charge in [-0.1, -0.05) is 55.5 Å². The highest BCUT2D eigenvalue weighted by atomic mass is 16.1. The van der Waals surface area contributed by atoms with Gasteiger partial charge in [0.15, 0.2) is 0 Å². The third kappa shape index (κ3) is 3.39.